The zero-order valence-corrected chi connectivity index (χ0v) is 12.6. The minimum atomic E-state index is 0.294. The normalized spacial score (nSPS) is 20.6. The number of hydrogen-bond donors (Lipinski definition) is 1. The molecule has 3 heteroatoms. The molecule has 1 unspecified atom stereocenters. The van der Waals surface area contributed by atoms with Crippen LogP contribution in [-0.2, 0) is 11.3 Å². The average Bonchev–Trinajstić information content (AvgIpc) is 2.39. The SMILES string of the molecule is COCc1cccc(N2CCNC(C(C)(C)C)C2)c1. The molecule has 1 saturated heterocycles. The van der Waals surface area contributed by atoms with E-state index in [1.54, 1.807) is 7.11 Å². The maximum atomic E-state index is 5.21. The molecule has 1 aliphatic rings. The zero-order chi connectivity index (χ0) is 13.9. The Bertz CT molecular complexity index is 411. The lowest BCUT2D eigenvalue weighted by Crippen LogP contribution is -2.56. The van der Waals surface area contributed by atoms with Crippen molar-refractivity contribution in [3.63, 3.8) is 0 Å². The van der Waals surface area contributed by atoms with Gasteiger partial charge < -0.3 is 15.0 Å². The van der Waals surface area contributed by atoms with Crippen molar-refractivity contribution in [1.82, 2.24) is 5.32 Å². The Hall–Kier alpha value is -1.06. The highest BCUT2D eigenvalue weighted by atomic mass is 16.5. The summed E-state index contributed by atoms with van der Waals surface area (Å²) in [7, 11) is 1.74. The fourth-order valence-corrected chi connectivity index (χ4v) is 2.57. The van der Waals surface area contributed by atoms with E-state index in [4.69, 9.17) is 4.74 Å². The molecular formula is C16H26N2O. The van der Waals surface area contributed by atoms with Crippen LogP contribution in [0.25, 0.3) is 0 Å². The van der Waals surface area contributed by atoms with E-state index in [9.17, 15) is 0 Å². The maximum Gasteiger partial charge on any atom is 0.0713 e. The number of anilines is 1. The van der Waals surface area contributed by atoms with E-state index in [0.717, 1.165) is 19.6 Å². The summed E-state index contributed by atoms with van der Waals surface area (Å²) in [6, 6.07) is 9.22. The number of benzene rings is 1. The van der Waals surface area contributed by atoms with Crippen molar-refractivity contribution in [2.45, 2.75) is 33.4 Å². The van der Waals surface area contributed by atoms with Crippen molar-refractivity contribution < 1.29 is 4.74 Å². The molecule has 0 aromatic heterocycles. The highest BCUT2D eigenvalue weighted by Gasteiger charge is 2.29. The molecule has 0 spiro atoms. The molecule has 0 aliphatic carbocycles. The molecule has 0 radical (unpaired) electrons. The lowest BCUT2D eigenvalue weighted by Gasteiger charge is -2.41. The number of rotatable bonds is 3. The first-order valence-corrected chi connectivity index (χ1v) is 7.07. The van der Waals surface area contributed by atoms with Crippen LogP contribution in [-0.4, -0.2) is 32.8 Å². The predicted molar refractivity (Wildman–Crippen MR) is 80.6 cm³/mol. The van der Waals surface area contributed by atoms with Crippen molar-refractivity contribution in [2.75, 3.05) is 31.6 Å². The second-order valence-electron chi connectivity index (χ2n) is 6.42. The van der Waals surface area contributed by atoms with Crippen LogP contribution in [0.1, 0.15) is 26.3 Å². The number of hydrogen-bond acceptors (Lipinski definition) is 3. The number of piperazine rings is 1. The van der Waals surface area contributed by atoms with Gasteiger partial charge in [-0.3, -0.25) is 0 Å². The van der Waals surface area contributed by atoms with Crippen molar-refractivity contribution >= 4 is 5.69 Å². The van der Waals surface area contributed by atoms with Gasteiger partial charge in [-0.2, -0.15) is 0 Å². The standard InChI is InChI=1S/C16H26N2O/c1-16(2,3)15-11-18(9-8-17-15)14-7-5-6-13(10-14)12-19-4/h5-7,10,15,17H,8-9,11-12H2,1-4H3. The van der Waals surface area contributed by atoms with Gasteiger partial charge in [0, 0.05) is 38.5 Å². The summed E-state index contributed by atoms with van der Waals surface area (Å²) < 4.78 is 5.21. The van der Waals surface area contributed by atoms with E-state index in [1.807, 2.05) is 0 Å². The minimum absolute atomic E-state index is 0.294. The summed E-state index contributed by atoms with van der Waals surface area (Å²) in [6.07, 6.45) is 0. The molecule has 1 N–H and O–H groups in total. The Balaban J connectivity index is 2.10. The molecule has 2 rings (SSSR count). The molecule has 0 bridgehead atoms. The van der Waals surface area contributed by atoms with Crippen LogP contribution < -0.4 is 10.2 Å². The van der Waals surface area contributed by atoms with Gasteiger partial charge in [-0.05, 0) is 23.1 Å². The molecule has 1 aromatic rings. The van der Waals surface area contributed by atoms with E-state index in [-0.39, 0.29) is 0 Å². The first kappa shape index (κ1) is 14.4. The summed E-state index contributed by atoms with van der Waals surface area (Å²) in [5.41, 5.74) is 2.85. The molecule has 1 fully saturated rings. The third-order valence-electron chi connectivity index (χ3n) is 3.81. The van der Waals surface area contributed by atoms with E-state index in [2.05, 4.69) is 55.3 Å². The lowest BCUT2D eigenvalue weighted by molar-refractivity contribution is 0.185. The van der Waals surface area contributed by atoms with E-state index < -0.39 is 0 Å². The number of nitrogens with zero attached hydrogens (tertiary/aromatic N) is 1. The first-order chi connectivity index (χ1) is 9.00. The van der Waals surface area contributed by atoms with E-state index in [1.165, 1.54) is 11.3 Å². The first-order valence-electron chi connectivity index (χ1n) is 7.07. The third-order valence-corrected chi connectivity index (χ3v) is 3.81. The van der Waals surface area contributed by atoms with Gasteiger partial charge >= 0.3 is 0 Å². The second-order valence-corrected chi connectivity index (χ2v) is 6.42. The molecule has 0 saturated carbocycles. The maximum absolute atomic E-state index is 5.21. The van der Waals surface area contributed by atoms with Crippen molar-refractivity contribution in [1.29, 1.82) is 0 Å². The fourth-order valence-electron chi connectivity index (χ4n) is 2.57. The Morgan fingerprint density at radius 2 is 2.16 bits per heavy atom. The van der Waals surface area contributed by atoms with Crippen molar-refractivity contribution in [2.24, 2.45) is 5.41 Å². The number of ether oxygens (including phenoxy) is 1. The third kappa shape index (κ3) is 3.71. The summed E-state index contributed by atoms with van der Waals surface area (Å²) in [5.74, 6) is 0. The topological polar surface area (TPSA) is 24.5 Å². The Labute approximate surface area is 116 Å². The van der Waals surface area contributed by atoms with Gasteiger partial charge in [-0.15, -0.1) is 0 Å². The zero-order valence-electron chi connectivity index (χ0n) is 12.6. The molecular weight excluding hydrogens is 236 g/mol. The Morgan fingerprint density at radius 1 is 1.37 bits per heavy atom. The van der Waals surface area contributed by atoms with Crippen LogP contribution in [0.2, 0.25) is 0 Å². The summed E-state index contributed by atoms with van der Waals surface area (Å²) in [4.78, 5) is 2.48. The molecule has 1 heterocycles. The lowest BCUT2D eigenvalue weighted by atomic mass is 9.85. The molecule has 1 aliphatic heterocycles. The van der Waals surface area contributed by atoms with Gasteiger partial charge in [0.2, 0.25) is 0 Å². The molecule has 19 heavy (non-hydrogen) atoms. The smallest absolute Gasteiger partial charge is 0.0713 e. The Morgan fingerprint density at radius 3 is 2.84 bits per heavy atom. The van der Waals surface area contributed by atoms with Gasteiger partial charge in [-0.25, -0.2) is 0 Å². The van der Waals surface area contributed by atoms with Crippen LogP contribution in [0, 0.1) is 5.41 Å². The Kier molecular flexibility index (Phi) is 4.48. The fraction of sp³-hybridized carbons (Fsp3) is 0.625. The van der Waals surface area contributed by atoms with Crippen LogP contribution in [0.4, 0.5) is 5.69 Å². The van der Waals surface area contributed by atoms with Crippen molar-refractivity contribution in [3.8, 4) is 0 Å². The average molecular weight is 262 g/mol. The van der Waals surface area contributed by atoms with Gasteiger partial charge in [0.25, 0.3) is 0 Å². The predicted octanol–water partition coefficient (Wildman–Crippen LogP) is 2.66. The van der Waals surface area contributed by atoms with Gasteiger partial charge in [0.1, 0.15) is 0 Å². The largest absolute Gasteiger partial charge is 0.380 e. The second kappa shape index (κ2) is 5.93. The highest BCUT2D eigenvalue weighted by molar-refractivity contribution is 5.49. The summed E-state index contributed by atoms with van der Waals surface area (Å²) in [6.45, 7) is 10.8. The quantitative estimate of drug-likeness (QED) is 0.906. The minimum Gasteiger partial charge on any atom is -0.380 e. The van der Waals surface area contributed by atoms with Gasteiger partial charge in [0.05, 0.1) is 6.61 Å². The van der Waals surface area contributed by atoms with Crippen LogP contribution in [0.3, 0.4) is 0 Å². The summed E-state index contributed by atoms with van der Waals surface area (Å²) in [5, 5.41) is 3.63. The molecule has 1 atom stereocenters. The molecule has 106 valence electrons. The molecule has 1 aromatic carbocycles. The highest BCUT2D eigenvalue weighted by Crippen LogP contribution is 2.25. The number of methoxy groups -OCH3 is 1. The van der Waals surface area contributed by atoms with Gasteiger partial charge in [0.15, 0.2) is 0 Å². The van der Waals surface area contributed by atoms with Crippen LogP contribution >= 0.6 is 0 Å². The van der Waals surface area contributed by atoms with Crippen molar-refractivity contribution in [3.05, 3.63) is 29.8 Å². The number of nitrogens with one attached hydrogen (secondary N) is 1. The molecule has 3 nitrogen and oxygen atoms in total. The van der Waals surface area contributed by atoms with Crippen LogP contribution in [0.15, 0.2) is 24.3 Å². The molecule has 0 amide bonds. The van der Waals surface area contributed by atoms with Gasteiger partial charge in [-0.1, -0.05) is 32.9 Å². The summed E-state index contributed by atoms with van der Waals surface area (Å²) >= 11 is 0. The van der Waals surface area contributed by atoms with Crippen LogP contribution in [0.5, 0.6) is 0 Å². The van der Waals surface area contributed by atoms with E-state index >= 15 is 0 Å². The van der Waals surface area contributed by atoms with E-state index in [0.29, 0.717) is 18.1 Å². The monoisotopic (exact) mass is 262 g/mol.